The molecule has 0 bridgehead atoms. The molecule has 0 saturated carbocycles. The van der Waals surface area contributed by atoms with Crippen LogP contribution in [0.4, 0.5) is 5.69 Å². The van der Waals surface area contributed by atoms with Crippen molar-refractivity contribution in [3.8, 4) is 0 Å². The van der Waals surface area contributed by atoms with Crippen molar-refractivity contribution in [1.29, 1.82) is 0 Å². The summed E-state index contributed by atoms with van der Waals surface area (Å²) in [6.45, 7) is 0. The van der Waals surface area contributed by atoms with Gasteiger partial charge in [0, 0.05) is 35.6 Å². The summed E-state index contributed by atoms with van der Waals surface area (Å²) >= 11 is 0. The Balaban J connectivity index is 2.09. The molecule has 17 heavy (non-hydrogen) atoms. The van der Waals surface area contributed by atoms with Crippen LogP contribution in [0.5, 0.6) is 0 Å². The Labute approximate surface area is 98.6 Å². The minimum atomic E-state index is -0.0601. The Morgan fingerprint density at radius 3 is 2.94 bits per heavy atom. The van der Waals surface area contributed by atoms with Gasteiger partial charge >= 0.3 is 0 Å². The molecule has 0 unspecified atom stereocenters. The van der Waals surface area contributed by atoms with E-state index in [2.05, 4.69) is 10.4 Å². The molecule has 1 aromatic heterocycles. The predicted octanol–water partition coefficient (Wildman–Crippen LogP) is 1.91. The van der Waals surface area contributed by atoms with Crippen LogP contribution in [0.1, 0.15) is 11.1 Å². The van der Waals surface area contributed by atoms with E-state index in [1.54, 1.807) is 10.9 Å². The topological polar surface area (TPSA) is 46.9 Å². The third-order valence-corrected chi connectivity index (χ3v) is 2.75. The molecule has 4 heteroatoms. The number of hydrogen-bond acceptors (Lipinski definition) is 2. The zero-order valence-electron chi connectivity index (χ0n) is 9.34. The van der Waals surface area contributed by atoms with Gasteiger partial charge in [0.05, 0.1) is 6.20 Å². The van der Waals surface area contributed by atoms with Crippen molar-refractivity contribution in [2.45, 2.75) is 0 Å². The Kier molecular flexibility index (Phi) is 2.08. The molecule has 0 saturated heterocycles. The third-order valence-electron chi connectivity index (χ3n) is 2.75. The van der Waals surface area contributed by atoms with Gasteiger partial charge in [0.1, 0.15) is 0 Å². The third kappa shape index (κ3) is 1.63. The van der Waals surface area contributed by atoms with Gasteiger partial charge in [-0.25, -0.2) is 0 Å². The lowest BCUT2D eigenvalue weighted by molar-refractivity contribution is -0.110. The molecule has 1 amide bonds. The van der Waals surface area contributed by atoms with Crippen LogP contribution >= 0.6 is 0 Å². The number of aryl methyl sites for hydroxylation is 1. The van der Waals surface area contributed by atoms with E-state index in [4.69, 9.17) is 0 Å². The van der Waals surface area contributed by atoms with Gasteiger partial charge in [-0.2, -0.15) is 5.10 Å². The summed E-state index contributed by atoms with van der Waals surface area (Å²) in [5.74, 6) is -0.0601. The van der Waals surface area contributed by atoms with E-state index in [0.29, 0.717) is 5.57 Å². The van der Waals surface area contributed by atoms with E-state index in [1.807, 2.05) is 43.6 Å². The molecule has 0 aliphatic carbocycles. The molecule has 1 aliphatic heterocycles. The summed E-state index contributed by atoms with van der Waals surface area (Å²) in [6, 6.07) is 7.68. The van der Waals surface area contributed by atoms with Crippen LogP contribution in [0.15, 0.2) is 36.7 Å². The Hall–Kier alpha value is -2.36. The molecule has 84 valence electrons. The summed E-state index contributed by atoms with van der Waals surface area (Å²) in [5, 5.41) is 6.92. The van der Waals surface area contributed by atoms with Crippen LogP contribution in [-0.4, -0.2) is 15.7 Å². The molecule has 0 fully saturated rings. The number of fused-ring (bicyclic) bond motifs is 1. The highest BCUT2D eigenvalue weighted by Crippen LogP contribution is 2.32. The summed E-state index contributed by atoms with van der Waals surface area (Å²) < 4.78 is 1.71. The first-order valence-electron chi connectivity index (χ1n) is 5.35. The molecule has 0 atom stereocenters. The van der Waals surface area contributed by atoms with E-state index in [0.717, 1.165) is 16.8 Å². The molecule has 1 aliphatic rings. The average molecular weight is 225 g/mol. The number of nitrogens with one attached hydrogen (secondary N) is 1. The number of rotatable bonds is 1. The molecule has 2 heterocycles. The van der Waals surface area contributed by atoms with Crippen molar-refractivity contribution in [3.05, 3.63) is 47.8 Å². The van der Waals surface area contributed by atoms with Gasteiger partial charge < -0.3 is 5.32 Å². The highest BCUT2D eigenvalue weighted by Gasteiger charge is 2.23. The number of nitrogens with zero attached hydrogens (tertiary/aromatic N) is 2. The predicted molar refractivity (Wildman–Crippen MR) is 66.2 cm³/mol. The fourth-order valence-electron chi connectivity index (χ4n) is 1.96. The minimum Gasteiger partial charge on any atom is -0.321 e. The van der Waals surface area contributed by atoms with Crippen molar-refractivity contribution >= 4 is 23.2 Å². The maximum atomic E-state index is 11.8. The van der Waals surface area contributed by atoms with Crippen LogP contribution in [0.25, 0.3) is 11.6 Å². The lowest BCUT2D eigenvalue weighted by Gasteiger charge is -1.95. The highest BCUT2D eigenvalue weighted by atomic mass is 16.2. The average Bonchev–Trinajstić information content (AvgIpc) is 2.85. The van der Waals surface area contributed by atoms with E-state index < -0.39 is 0 Å². The van der Waals surface area contributed by atoms with Gasteiger partial charge in [-0.05, 0) is 12.1 Å². The SMILES string of the molecule is Cn1cc(/C=C2\C(=O)Nc3ccccc32)cn1. The van der Waals surface area contributed by atoms with Crippen molar-refractivity contribution in [3.63, 3.8) is 0 Å². The first kappa shape index (κ1) is 9.84. The van der Waals surface area contributed by atoms with E-state index in [-0.39, 0.29) is 5.91 Å². The Morgan fingerprint density at radius 2 is 2.18 bits per heavy atom. The monoisotopic (exact) mass is 225 g/mol. The zero-order valence-corrected chi connectivity index (χ0v) is 9.34. The van der Waals surface area contributed by atoms with Gasteiger partial charge in [0.25, 0.3) is 5.91 Å². The van der Waals surface area contributed by atoms with Crippen LogP contribution in [0.2, 0.25) is 0 Å². The van der Waals surface area contributed by atoms with Crippen LogP contribution in [0.3, 0.4) is 0 Å². The fourth-order valence-corrected chi connectivity index (χ4v) is 1.96. The molecule has 4 nitrogen and oxygen atoms in total. The minimum absolute atomic E-state index is 0.0601. The summed E-state index contributed by atoms with van der Waals surface area (Å²) in [4.78, 5) is 11.8. The number of amides is 1. The van der Waals surface area contributed by atoms with E-state index >= 15 is 0 Å². The van der Waals surface area contributed by atoms with E-state index in [9.17, 15) is 4.79 Å². The fraction of sp³-hybridized carbons (Fsp3) is 0.0769. The van der Waals surface area contributed by atoms with Crippen molar-refractivity contribution < 1.29 is 4.79 Å². The normalized spacial score (nSPS) is 16.1. The summed E-state index contributed by atoms with van der Waals surface area (Å²) in [7, 11) is 1.85. The van der Waals surface area contributed by atoms with Crippen molar-refractivity contribution in [1.82, 2.24) is 9.78 Å². The number of benzene rings is 1. The standard InChI is InChI=1S/C13H11N3O/c1-16-8-9(7-14-16)6-11-10-4-2-3-5-12(10)15-13(11)17/h2-8H,1H3,(H,15,17)/b11-6-. The lowest BCUT2D eigenvalue weighted by Crippen LogP contribution is -2.03. The van der Waals surface area contributed by atoms with Crippen LogP contribution < -0.4 is 5.32 Å². The molecule has 3 rings (SSSR count). The maximum absolute atomic E-state index is 11.8. The first-order chi connectivity index (χ1) is 8.24. The molecule has 2 aromatic rings. The van der Waals surface area contributed by atoms with Crippen molar-refractivity contribution in [2.75, 3.05) is 5.32 Å². The molecule has 1 N–H and O–H groups in total. The highest BCUT2D eigenvalue weighted by molar-refractivity contribution is 6.34. The largest absolute Gasteiger partial charge is 0.321 e. The molecular formula is C13H11N3O. The van der Waals surface area contributed by atoms with Gasteiger partial charge in [0.15, 0.2) is 0 Å². The first-order valence-corrected chi connectivity index (χ1v) is 5.35. The quantitative estimate of drug-likeness (QED) is 0.753. The van der Waals surface area contributed by atoms with E-state index in [1.165, 1.54) is 0 Å². The lowest BCUT2D eigenvalue weighted by atomic mass is 10.1. The second-order valence-corrected chi connectivity index (χ2v) is 4.01. The number of hydrogen-bond donors (Lipinski definition) is 1. The van der Waals surface area contributed by atoms with Crippen LogP contribution in [-0.2, 0) is 11.8 Å². The smallest absolute Gasteiger partial charge is 0.256 e. The maximum Gasteiger partial charge on any atom is 0.256 e. The summed E-state index contributed by atoms with van der Waals surface area (Å²) in [6.07, 6.45) is 5.47. The van der Waals surface area contributed by atoms with Gasteiger partial charge in [-0.15, -0.1) is 0 Å². The van der Waals surface area contributed by atoms with Crippen LogP contribution in [0, 0.1) is 0 Å². The second kappa shape index (κ2) is 3.59. The van der Waals surface area contributed by atoms with Gasteiger partial charge in [-0.1, -0.05) is 18.2 Å². The zero-order chi connectivity index (χ0) is 11.8. The molecular weight excluding hydrogens is 214 g/mol. The Morgan fingerprint density at radius 1 is 1.35 bits per heavy atom. The number of aromatic nitrogens is 2. The second-order valence-electron chi connectivity index (χ2n) is 4.01. The number of para-hydroxylation sites is 1. The summed E-state index contributed by atoms with van der Waals surface area (Å²) in [5.41, 5.74) is 3.43. The van der Waals surface area contributed by atoms with Gasteiger partial charge in [0.2, 0.25) is 0 Å². The Bertz CT molecular complexity index is 625. The number of anilines is 1. The number of carbonyl (C=O) groups is 1. The van der Waals surface area contributed by atoms with Gasteiger partial charge in [-0.3, -0.25) is 9.48 Å². The molecule has 0 spiro atoms. The number of carbonyl (C=O) groups excluding carboxylic acids is 1. The molecule has 0 radical (unpaired) electrons. The molecule has 1 aromatic carbocycles. The van der Waals surface area contributed by atoms with Crippen molar-refractivity contribution in [2.24, 2.45) is 7.05 Å².